The molecular formula is C17H16F2N4OS2. The van der Waals surface area contributed by atoms with Crippen LogP contribution in [-0.2, 0) is 11.3 Å². The van der Waals surface area contributed by atoms with Crippen LogP contribution in [0.2, 0.25) is 0 Å². The Morgan fingerprint density at radius 1 is 1.35 bits per heavy atom. The average molecular weight is 394 g/mol. The molecule has 0 saturated carbocycles. The summed E-state index contributed by atoms with van der Waals surface area (Å²) in [6, 6.07) is 6.92. The van der Waals surface area contributed by atoms with Crippen molar-refractivity contribution in [3.8, 4) is 10.7 Å². The predicted molar refractivity (Wildman–Crippen MR) is 99.3 cm³/mol. The maximum absolute atomic E-state index is 13.7. The van der Waals surface area contributed by atoms with Gasteiger partial charge in [0.25, 0.3) is 0 Å². The van der Waals surface area contributed by atoms with Crippen LogP contribution < -0.4 is 5.32 Å². The number of carbonyl (C=O) groups excluding carboxylic acids is 1. The lowest BCUT2D eigenvalue weighted by Crippen LogP contribution is -2.23. The maximum atomic E-state index is 13.7. The van der Waals surface area contributed by atoms with Crippen LogP contribution in [0.5, 0.6) is 0 Å². The first-order chi connectivity index (χ1) is 12.5. The second kappa shape index (κ2) is 7.96. The van der Waals surface area contributed by atoms with Gasteiger partial charge in [0.05, 0.1) is 15.8 Å². The van der Waals surface area contributed by atoms with Crippen molar-refractivity contribution < 1.29 is 13.6 Å². The molecule has 9 heteroatoms. The summed E-state index contributed by atoms with van der Waals surface area (Å²) in [4.78, 5) is 13.3. The van der Waals surface area contributed by atoms with Crippen LogP contribution in [0.3, 0.4) is 0 Å². The van der Waals surface area contributed by atoms with Crippen molar-refractivity contribution >= 4 is 34.7 Å². The topological polar surface area (TPSA) is 59.8 Å². The molecule has 5 nitrogen and oxygen atoms in total. The van der Waals surface area contributed by atoms with Gasteiger partial charge in [0.2, 0.25) is 5.91 Å². The number of thiophene rings is 1. The summed E-state index contributed by atoms with van der Waals surface area (Å²) < 4.78 is 28.6. The molecule has 1 aromatic carbocycles. The van der Waals surface area contributed by atoms with Gasteiger partial charge in [-0.2, -0.15) is 0 Å². The van der Waals surface area contributed by atoms with Gasteiger partial charge in [0.15, 0.2) is 11.0 Å². The zero-order valence-electron chi connectivity index (χ0n) is 14.1. The van der Waals surface area contributed by atoms with Gasteiger partial charge >= 0.3 is 0 Å². The van der Waals surface area contributed by atoms with E-state index in [9.17, 15) is 13.6 Å². The van der Waals surface area contributed by atoms with Gasteiger partial charge in [-0.1, -0.05) is 17.8 Å². The lowest BCUT2D eigenvalue weighted by molar-refractivity contribution is -0.115. The number of rotatable bonds is 6. The van der Waals surface area contributed by atoms with Crippen molar-refractivity contribution in [3.63, 3.8) is 0 Å². The minimum Gasteiger partial charge on any atom is -0.323 e. The molecule has 0 aliphatic heterocycles. The lowest BCUT2D eigenvalue weighted by Gasteiger charge is -2.13. The summed E-state index contributed by atoms with van der Waals surface area (Å²) in [5.41, 5.74) is -0.0555. The first kappa shape index (κ1) is 18.5. The second-order valence-corrected chi connectivity index (χ2v) is 7.66. The van der Waals surface area contributed by atoms with Crippen molar-refractivity contribution in [3.05, 3.63) is 47.3 Å². The Labute approximate surface area is 157 Å². The number of halogens is 2. The van der Waals surface area contributed by atoms with Crippen molar-refractivity contribution in [1.29, 1.82) is 0 Å². The van der Waals surface area contributed by atoms with E-state index < -0.39 is 22.8 Å². The Balaban J connectivity index is 1.73. The number of nitrogens with one attached hydrogen (secondary N) is 1. The molecular weight excluding hydrogens is 378 g/mol. The number of amides is 1. The number of hydrogen-bond acceptors (Lipinski definition) is 5. The molecule has 26 heavy (non-hydrogen) atoms. The molecule has 0 unspecified atom stereocenters. The molecule has 1 atom stereocenters. The Morgan fingerprint density at radius 2 is 2.15 bits per heavy atom. The highest BCUT2D eigenvalue weighted by Crippen LogP contribution is 2.29. The van der Waals surface area contributed by atoms with Crippen molar-refractivity contribution in [1.82, 2.24) is 14.8 Å². The third kappa shape index (κ3) is 3.94. The van der Waals surface area contributed by atoms with E-state index in [2.05, 4.69) is 15.5 Å². The van der Waals surface area contributed by atoms with E-state index in [1.54, 1.807) is 18.3 Å². The zero-order valence-corrected chi connectivity index (χ0v) is 15.7. The van der Waals surface area contributed by atoms with Crippen molar-refractivity contribution in [2.75, 3.05) is 5.32 Å². The highest BCUT2D eigenvalue weighted by molar-refractivity contribution is 8.00. The molecule has 0 aliphatic rings. The summed E-state index contributed by atoms with van der Waals surface area (Å²) in [6.45, 7) is 4.33. The highest BCUT2D eigenvalue weighted by Gasteiger charge is 2.21. The number of nitrogens with zero attached hydrogens (tertiary/aromatic N) is 3. The van der Waals surface area contributed by atoms with Gasteiger partial charge in [-0.3, -0.25) is 4.79 Å². The second-order valence-electron chi connectivity index (χ2n) is 5.40. The average Bonchev–Trinajstić information content (AvgIpc) is 3.26. The number of benzene rings is 1. The largest absolute Gasteiger partial charge is 0.323 e. The lowest BCUT2D eigenvalue weighted by atomic mass is 10.3. The fraction of sp³-hybridized carbons (Fsp3) is 0.235. The molecule has 0 fully saturated rings. The molecule has 2 heterocycles. The fourth-order valence-electron chi connectivity index (χ4n) is 2.29. The van der Waals surface area contributed by atoms with Crippen LogP contribution in [0, 0.1) is 11.6 Å². The first-order valence-corrected chi connectivity index (χ1v) is 9.65. The van der Waals surface area contributed by atoms with E-state index >= 15 is 0 Å². The standard InChI is InChI=1S/C17H16F2N4OS2/c1-3-23-15(14-5-4-8-25-14)21-22-17(23)26-10(2)16(24)20-13-7-6-11(18)9-12(13)19/h4-10H,3H2,1-2H3,(H,20,24)/t10-/m1/s1. The monoisotopic (exact) mass is 394 g/mol. The van der Waals surface area contributed by atoms with Crippen LogP contribution in [0.4, 0.5) is 14.5 Å². The first-order valence-electron chi connectivity index (χ1n) is 7.89. The van der Waals surface area contributed by atoms with Crippen LogP contribution in [0.1, 0.15) is 13.8 Å². The van der Waals surface area contributed by atoms with Crippen molar-refractivity contribution in [2.45, 2.75) is 30.8 Å². The molecule has 1 amide bonds. The van der Waals surface area contributed by atoms with E-state index in [4.69, 9.17) is 0 Å². The van der Waals surface area contributed by atoms with E-state index in [1.165, 1.54) is 17.8 Å². The number of aromatic nitrogens is 3. The normalized spacial score (nSPS) is 12.2. The highest BCUT2D eigenvalue weighted by atomic mass is 32.2. The van der Waals surface area contributed by atoms with Gasteiger partial charge in [-0.05, 0) is 37.4 Å². The molecule has 3 rings (SSSR count). The quantitative estimate of drug-likeness (QED) is 0.629. The van der Waals surface area contributed by atoms with Crippen LogP contribution in [-0.4, -0.2) is 25.9 Å². The predicted octanol–water partition coefficient (Wildman–Crippen LogP) is 4.42. The van der Waals surface area contributed by atoms with Crippen molar-refractivity contribution in [2.24, 2.45) is 0 Å². The molecule has 1 N–H and O–H groups in total. The molecule has 0 radical (unpaired) electrons. The third-order valence-corrected chi connectivity index (χ3v) is 5.56. The van der Waals surface area contributed by atoms with Crippen LogP contribution in [0.25, 0.3) is 10.7 Å². The third-order valence-electron chi connectivity index (χ3n) is 3.62. The molecule has 136 valence electrons. The van der Waals surface area contributed by atoms with Gasteiger partial charge in [0.1, 0.15) is 11.6 Å². The maximum Gasteiger partial charge on any atom is 0.237 e. The minimum absolute atomic E-state index is 0.0555. The summed E-state index contributed by atoms with van der Waals surface area (Å²) in [5.74, 6) is -1.15. The van der Waals surface area contributed by atoms with Gasteiger partial charge in [-0.15, -0.1) is 21.5 Å². The number of hydrogen-bond donors (Lipinski definition) is 1. The number of anilines is 1. The summed E-state index contributed by atoms with van der Waals surface area (Å²) in [5, 5.41) is 12.9. The van der Waals surface area contributed by atoms with E-state index in [1.807, 2.05) is 29.0 Å². The molecule has 0 saturated heterocycles. The fourth-order valence-corrected chi connectivity index (χ4v) is 3.92. The Bertz CT molecular complexity index is 912. The van der Waals surface area contributed by atoms with Gasteiger partial charge in [0, 0.05) is 12.6 Å². The molecule has 0 spiro atoms. The Morgan fingerprint density at radius 3 is 2.81 bits per heavy atom. The molecule has 0 aliphatic carbocycles. The zero-order chi connectivity index (χ0) is 18.7. The number of thioether (sulfide) groups is 1. The van der Waals surface area contributed by atoms with Gasteiger partial charge < -0.3 is 9.88 Å². The summed E-state index contributed by atoms with van der Waals surface area (Å²) >= 11 is 2.80. The smallest absolute Gasteiger partial charge is 0.237 e. The Hall–Kier alpha value is -2.26. The minimum atomic E-state index is -0.813. The molecule has 2 aromatic heterocycles. The molecule has 3 aromatic rings. The van der Waals surface area contributed by atoms with E-state index in [0.29, 0.717) is 11.7 Å². The Kier molecular flexibility index (Phi) is 5.67. The van der Waals surface area contributed by atoms with Gasteiger partial charge in [-0.25, -0.2) is 8.78 Å². The SMILES string of the molecule is CCn1c(S[C@H](C)C(=O)Nc2ccc(F)cc2F)nnc1-c1cccs1. The van der Waals surface area contributed by atoms with E-state index in [0.717, 1.165) is 22.8 Å². The van der Waals surface area contributed by atoms with Crippen LogP contribution >= 0.6 is 23.1 Å². The summed E-state index contributed by atoms with van der Waals surface area (Å²) in [6.07, 6.45) is 0. The molecule has 0 bridgehead atoms. The van der Waals surface area contributed by atoms with Crippen LogP contribution in [0.15, 0.2) is 40.9 Å². The summed E-state index contributed by atoms with van der Waals surface area (Å²) in [7, 11) is 0. The number of carbonyl (C=O) groups is 1. The van der Waals surface area contributed by atoms with E-state index in [-0.39, 0.29) is 5.69 Å².